The number of sulfonamides is 1. The fraction of sp³-hybridized carbons (Fsp3) is 1.00. The summed E-state index contributed by atoms with van der Waals surface area (Å²) in [6.07, 6.45) is 0.650. The van der Waals surface area contributed by atoms with Crippen molar-refractivity contribution >= 4 is 26.0 Å². The predicted octanol–water partition coefficient (Wildman–Crippen LogP) is 1.26. The summed E-state index contributed by atoms with van der Waals surface area (Å²) in [6.45, 7) is 0.418. The zero-order chi connectivity index (χ0) is 10.1. The van der Waals surface area contributed by atoms with E-state index in [2.05, 4.69) is 15.9 Å². The van der Waals surface area contributed by atoms with E-state index in [1.807, 2.05) is 0 Å². The van der Waals surface area contributed by atoms with Gasteiger partial charge in [0.15, 0.2) is 0 Å². The number of nitrogens with zero attached hydrogens (tertiary/aromatic N) is 1. The third-order valence-corrected chi connectivity index (χ3v) is 4.47. The Hall–Kier alpha value is 0.250. The minimum Gasteiger partial charge on any atom is -0.206 e. The predicted molar refractivity (Wildman–Crippen MR) is 48.4 cm³/mol. The van der Waals surface area contributed by atoms with E-state index in [0.717, 1.165) is 4.31 Å². The van der Waals surface area contributed by atoms with Crippen LogP contribution in [0.4, 0.5) is 8.78 Å². The van der Waals surface area contributed by atoms with E-state index in [9.17, 15) is 17.2 Å². The Morgan fingerprint density at radius 1 is 1.54 bits per heavy atom. The highest BCUT2D eigenvalue weighted by molar-refractivity contribution is 9.09. The van der Waals surface area contributed by atoms with Crippen LogP contribution in [0.15, 0.2) is 0 Å². The molecule has 1 fully saturated rings. The monoisotopic (exact) mass is 277 g/mol. The quantitative estimate of drug-likeness (QED) is 0.729. The van der Waals surface area contributed by atoms with E-state index in [-0.39, 0.29) is 19.0 Å². The first-order chi connectivity index (χ1) is 5.98. The Labute approximate surface area is 84.3 Å². The van der Waals surface area contributed by atoms with Crippen LogP contribution in [-0.2, 0) is 10.0 Å². The molecule has 0 amide bonds. The van der Waals surface area contributed by atoms with E-state index in [0.29, 0.717) is 11.8 Å². The highest BCUT2D eigenvalue weighted by Crippen LogP contribution is 2.23. The molecule has 0 spiro atoms. The average Bonchev–Trinajstić information content (AvgIpc) is 2.51. The minimum absolute atomic E-state index is 0.161. The number of hydrogen-bond donors (Lipinski definition) is 0. The molecule has 13 heavy (non-hydrogen) atoms. The van der Waals surface area contributed by atoms with Crippen LogP contribution in [0.5, 0.6) is 0 Å². The fourth-order valence-corrected chi connectivity index (χ4v) is 2.80. The molecule has 0 aromatic heterocycles. The first-order valence-corrected chi connectivity index (χ1v) is 6.44. The molecule has 1 atom stereocenters. The van der Waals surface area contributed by atoms with Crippen molar-refractivity contribution in [3.05, 3.63) is 0 Å². The molecule has 0 saturated carbocycles. The Bertz CT molecular complexity index is 270. The second kappa shape index (κ2) is 4.18. The van der Waals surface area contributed by atoms with Crippen LogP contribution in [-0.4, -0.2) is 36.9 Å². The summed E-state index contributed by atoms with van der Waals surface area (Å²) in [5.41, 5.74) is 0. The zero-order valence-electron chi connectivity index (χ0n) is 6.79. The topological polar surface area (TPSA) is 37.4 Å². The molecule has 3 nitrogen and oxygen atoms in total. The van der Waals surface area contributed by atoms with Gasteiger partial charge in [-0.3, -0.25) is 0 Å². The highest BCUT2D eigenvalue weighted by Gasteiger charge is 2.36. The molecular weight excluding hydrogens is 268 g/mol. The molecule has 0 aliphatic carbocycles. The molecule has 1 rings (SSSR count). The van der Waals surface area contributed by atoms with Gasteiger partial charge in [0, 0.05) is 18.4 Å². The molecule has 1 aliphatic rings. The first-order valence-electron chi connectivity index (χ1n) is 3.81. The van der Waals surface area contributed by atoms with Crippen molar-refractivity contribution < 1.29 is 17.2 Å². The molecule has 0 bridgehead atoms. The average molecular weight is 278 g/mol. The van der Waals surface area contributed by atoms with E-state index < -0.39 is 15.8 Å². The summed E-state index contributed by atoms with van der Waals surface area (Å²) < 4.78 is 46.9. The molecule has 0 aromatic rings. The fourth-order valence-electron chi connectivity index (χ4n) is 1.27. The molecule has 78 valence electrons. The summed E-state index contributed by atoms with van der Waals surface area (Å²) in [4.78, 5) is 0. The smallest absolute Gasteiger partial charge is 0.206 e. The second-order valence-electron chi connectivity index (χ2n) is 2.97. The summed E-state index contributed by atoms with van der Waals surface area (Å²) in [7, 11) is -4.34. The van der Waals surface area contributed by atoms with Gasteiger partial charge >= 0.3 is 5.76 Å². The van der Waals surface area contributed by atoms with Crippen molar-refractivity contribution in [1.82, 2.24) is 4.31 Å². The molecule has 0 aromatic carbocycles. The van der Waals surface area contributed by atoms with Crippen LogP contribution < -0.4 is 0 Å². The van der Waals surface area contributed by atoms with Crippen molar-refractivity contribution in [2.45, 2.75) is 12.2 Å². The first kappa shape index (κ1) is 11.3. The van der Waals surface area contributed by atoms with Crippen molar-refractivity contribution in [2.24, 2.45) is 5.92 Å². The van der Waals surface area contributed by atoms with Crippen LogP contribution in [0.2, 0.25) is 0 Å². The van der Waals surface area contributed by atoms with Gasteiger partial charge < -0.3 is 0 Å². The van der Waals surface area contributed by atoms with Crippen molar-refractivity contribution in [3.8, 4) is 0 Å². The second-order valence-corrected chi connectivity index (χ2v) is 5.52. The largest absolute Gasteiger partial charge is 0.350 e. The third kappa shape index (κ3) is 2.38. The van der Waals surface area contributed by atoms with Gasteiger partial charge in [-0.25, -0.2) is 8.42 Å². The molecule has 1 aliphatic heterocycles. The summed E-state index contributed by atoms with van der Waals surface area (Å²) >= 11 is 3.20. The molecule has 0 radical (unpaired) electrons. The van der Waals surface area contributed by atoms with E-state index in [1.54, 1.807) is 0 Å². The van der Waals surface area contributed by atoms with Crippen LogP contribution in [0.3, 0.4) is 0 Å². The molecule has 1 unspecified atom stereocenters. The van der Waals surface area contributed by atoms with Crippen LogP contribution >= 0.6 is 15.9 Å². The highest BCUT2D eigenvalue weighted by atomic mass is 79.9. The number of alkyl halides is 3. The number of halogens is 3. The van der Waals surface area contributed by atoms with E-state index in [4.69, 9.17) is 0 Å². The maximum Gasteiger partial charge on any atom is 0.350 e. The summed E-state index contributed by atoms with van der Waals surface area (Å²) in [6, 6.07) is 0. The van der Waals surface area contributed by atoms with Gasteiger partial charge in [0.2, 0.25) is 0 Å². The Balaban J connectivity index is 2.66. The Morgan fingerprint density at radius 2 is 2.15 bits per heavy atom. The Kier molecular flexibility index (Phi) is 3.64. The molecular formula is C6H10BrF2NO2S. The lowest BCUT2D eigenvalue weighted by atomic mass is 10.2. The van der Waals surface area contributed by atoms with E-state index >= 15 is 0 Å². The minimum atomic E-state index is -4.34. The molecule has 1 heterocycles. The standard InChI is InChI=1S/C6H10BrF2NO2S/c7-3-5-1-2-10(4-5)13(11,12)6(8)9/h5-6H,1-4H2. The van der Waals surface area contributed by atoms with Gasteiger partial charge in [0.25, 0.3) is 10.0 Å². The van der Waals surface area contributed by atoms with Crippen LogP contribution in [0.25, 0.3) is 0 Å². The third-order valence-electron chi connectivity index (χ3n) is 2.05. The number of hydrogen-bond acceptors (Lipinski definition) is 2. The van der Waals surface area contributed by atoms with Crippen molar-refractivity contribution in [1.29, 1.82) is 0 Å². The van der Waals surface area contributed by atoms with Crippen molar-refractivity contribution in [3.63, 3.8) is 0 Å². The normalized spacial score (nSPS) is 25.7. The Morgan fingerprint density at radius 3 is 2.54 bits per heavy atom. The van der Waals surface area contributed by atoms with Gasteiger partial charge in [-0.1, -0.05) is 15.9 Å². The molecule has 1 saturated heterocycles. The van der Waals surface area contributed by atoms with Gasteiger partial charge in [-0.05, 0) is 12.3 Å². The lowest BCUT2D eigenvalue weighted by molar-refractivity contribution is 0.222. The van der Waals surface area contributed by atoms with Gasteiger partial charge in [0.05, 0.1) is 0 Å². The SMILES string of the molecule is O=S(=O)(C(F)F)N1CCC(CBr)C1. The number of rotatable bonds is 3. The van der Waals surface area contributed by atoms with Gasteiger partial charge in [0.1, 0.15) is 0 Å². The van der Waals surface area contributed by atoms with Crippen LogP contribution in [0.1, 0.15) is 6.42 Å². The maximum absolute atomic E-state index is 12.1. The lowest BCUT2D eigenvalue weighted by Crippen LogP contribution is -2.33. The van der Waals surface area contributed by atoms with E-state index in [1.165, 1.54) is 0 Å². The summed E-state index contributed by atoms with van der Waals surface area (Å²) in [5.74, 6) is -3.13. The van der Waals surface area contributed by atoms with Crippen LogP contribution in [0, 0.1) is 5.92 Å². The molecule has 0 N–H and O–H groups in total. The zero-order valence-corrected chi connectivity index (χ0v) is 9.19. The maximum atomic E-state index is 12.1. The lowest BCUT2D eigenvalue weighted by Gasteiger charge is -2.14. The molecule has 7 heteroatoms. The summed E-state index contributed by atoms with van der Waals surface area (Å²) in [5, 5.41) is 0.655. The van der Waals surface area contributed by atoms with Crippen molar-refractivity contribution in [2.75, 3.05) is 18.4 Å². The van der Waals surface area contributed by atoms with Gasteiger partial charge in [-0.15, -0.1) is 0 Å². The van der Waals surface area contributed by atoms with Gasteiger partial charge in [-0.2, -0.15) is 13.1 Å².